The molecule has 11 rings (SSSR count). The Morgan fingerprint density at radius 1 is 0.774 bits per heavy atom. The molecule has 0 saturated carbocycles. The van der Waals surface area contributed by atoms with E-state index >= 15 is 4.79 Å². The number of anilines is 5. The maximum absolute atomic E-state index is 15.6. The quantitative estimate of drug-likeness (QED) is 0.148. The van der Waals surface area contributed by atoms with Crippen molar-refractivity contribution in [2.75, 3.05) is 27.9 Å². The summed E-state index contributed by atoms with van der Waals surface area (Å²) in [5, 5.41) is 13.8. The van der Waals surface area contributed by atoms with Crippen LogP contribution < -0.4 is 14.7 Å². The van der Waals surface area contributed by atoms with Gasteiger partial charge in [0.2, 0.25) is 5.91 Å². The molecule has 4 amide bonds. The summed E-state index contributed by atoms with van der Waals surface area (Å²) in [5.74, 6) is -1.34. The standard InChI is InChI=1S/C50H46N4O7Si/c1-29-46(62(2,3)60)42(26-43(56)51-23-9-16-35(51)28-55)61-50(29)38-25-34(54-41-20-8-14-32-12-6-18-37(45(32)41)48(54)58)21-22-39(38)52(49(50)59)27-30-10-4-15-33(24-30)53-40-19-7-13-31-11-5-17-36(44(31)40)47(53)57/h4-8,10-15,17-22,24-25,29,35,42,46,55,60H,9,16,23,26-28H2,1-3H3/t29-,35+,42+,46-,50+/m1/s1. The zero-order chi connectivity index (χ0) is 42.8. The van der Waals surface area contributed by atoms with Crippen molar-refractivity contribution in [1.29, 1.82) is 0 Å². The lowest BCUT2D eigenvalue weighted by molar-refractivity contribution is -0.150. The van der Waals surface area contributed by atoms with Gasteiger partial charge in [-0.15, -0.1) is 0 Å². The normalized spacial score (nSPS) is 23.9. The molecule has 0 radical (unpaired) electrons. The first-order chi connectivity index (χ1) is 29.9. The molecule has 5 aliphatic rings. The molecule has 6 aromatic carbocycles. The Morgan fingerprint density at radius 3 is 1.98 bits per heavy atom. The fraction of sp³-hybridized carbons (Fsp3) is 0.280. The molecule has 5 heterocycles. The minimum atomic E-state index is -3.14. The molecule has 0 bridgehead atoms. The molecular formula is C50H46N4O7Si. The number of aliphatic hydroxyl groups excluding tert-OH is 1. The van der Waals surface area contributed by atoms with E-state index in [0.717, 1.165) is 44.9 Å². The van der Waals surface area contributed by atoms with Gasteiger partial charge in [-0.1, -0.05) is 67.6 Å². The van der Waals surface area contributed by atoms with Crippen molar-refractivity contribution in [3.8, 4) is 0 Å². The summed E-state index contributed by atoms with van der Waals surface area (Å²) in [6.07, 6.45) is 0.669. The van der Waals surface area contributed by atoms with Crippen molar-refractivity contribution < 1.29 is 33.8 Å². The van der Waals surface area contributed by atoms with Gasteiger partial charge >= 0.3 is 0 Å². The molecule has 62 heavy (non-hydrogen) atoms. The molecule has 1 spiro atoms. The van der Waals surface area contributed by atoms with Gasteiger partial charge in [0, 0.05) is 45.7 Å². The van der Waals surface area contributed by atoms with Crippen LogP contribution in [0.3, 0.4) is 0 Å². The van der Waals surface area contributed by atoms with E-state index in [0.29, 0.717) is 46.7 Å². The lowest BCUT2D eigenvalue weighted by Gasteiger charge is -2.33. The Morgan fingerprint density at radius 2 is 1.37 bits per heavy atom. The molecular weight excluding hydrogens is 797 g/mol. The first-order valence-corrected chi connectivity index (χ1v) is 24.5. The van der Waals surface area contributed by atoms with Crippen LogP contribution in [0.4, 0.5) is 28.4 Å². The summed E-state index contributed by atoms with van der Waals surface area (Å²) in [4.78, 5) is 76.7. The number of aliphatic hydroxyl groups is 1. The van der Waals surface area contributed by atoms with Gasteiger partial charge in [0.15, 0.2) is 13.9 Å². The number of nitrogens with zero attached hydrogens (tertiary/aromatic N) is 4. The second-order valence-corrected chi connectivity index (χ2v) is 22.0. The monoisotopic (exact) mass is 842 g/mol. The Balaban J connectivity index is 1.01. The topological polar surface area (TPSA) is 131 Å². The maximum atomic E-state index is 15.6. The lowest BCUT2D eigenvalue weighted by Crippen LogP contribution is -2.46. The van der Waals surface area contributed by atoms with E-state index in [9.17, 15) is 24.3 Å². The van der Waals surface area contributed by atoms with Crippen LogP contribution in [0.25, 0.3) is 21.5 Å². The summed E-state index contributed by atoms with van der Waals surface area (Å²) in [7, 11) is -3.14. The number of carbonyl (C=O) groups is 4. The largest absolute Gasteiger partial charge is 0.432 e. The van der Waals surface area contributed by atoms with Gasteiger partial charge in [-0.3, -0.25) is 29.0 Å². The van der Waals surface area contributed by atoms with Crippen LogP contribution in [0.1, 0.15) is 58.0 Å². The molecule has 312 valence electrons. The van der Waals surface area contributed by atoms with E-state index in [1.165, 1.54) is 0 Å². The highest BCUT2D eigenvalue weighted by Gasteiger charge is 2.66. The van der Waals surface area contributed by atoms with Crippen LogP contribution in [-0.2, 0) is 26.5 Å². The molecule has 6 aromatic rings. The minimum absolute atomic E-state index is 0.0461. The molecule has 11 nitrogen and oxygen atoms in total. The number of rotatable bonds is 8. The van der Waals surface area contributed by atoms with E-state index in [-0.39, 0.29) is 49.2 Å². The van der Waals surface area contributed by atoms with Gasteiger partial charge < -0.3 is 24.4 Å². The zero-order valence-corrected chi connectivity index (χ0v) is 35.7. The van der Waals surface area contributed by atoms with E-state index in [1.807, 2.05) is 135 Å². The first-order valence-electron chi connectivity index (χ1n) is 21.5. The average molecular weight is 843 g/mol. The maximum Gasteiger partial charge on any atom is 0.264 e. The zero-order valence-electron chi connectivity index (χ0n) is 34.7. The number of carbonyl (C=O) groups excluding carboxylic acids is 4. The van der Waals surface area contributed by atoms with E-state index < -0.39 is 31.5 Å². The SMILES string of the molecule is C[C@@H]1[C@@H]([Si](C)(C)O)[C@H](CC(=O)N2CCC[C@H]2CO)O[C@@]12C(=O)N(Cc1cccc(N3C(=O)c4cccc5cccc3c45)c1)c1ccc(N3C(=O)c4cccc5cccc3c45)cc12. The Kier molecular flexibility index (Phi) is 8.69. The molecule has 2 saturated heterocycles. The molecule has 0 unspecified atom stereocenters. The van der Waals surface area contributed by atoms with Gasteiger partial charge in [-0.2, -0.15) is 0 Å². The summed E-state index contributed by atoms with van der Waals surface area (Å²) < 4.78 is 7.14. The van der Waals surface area contributed by atoms with Crippen molar-refractivity contribution in [3.63, 3.8) is 0 Å². The van der Waals surface area contributed by atoms with Crippen molar-refractivity contribution in [1.82, 2.24) is 4.90 Å². The Labute approximate surface area is 359 Å². The Hall–Kier alpha value is -6.18. The number of likely N-dealkylation sites (tertiary alicyclic amines) is 1. The van der Waals surface area contributed by atoms with Crippen molar-refractivity contribution in [2.45, 2.75) is 69.1 Å². The predicted octanol–water partition coefficient (Wildman–Crippen LogP) is 8.29. The van der Waals surface area contributed by atoms with Gasteiger partial charge in [-0.25, -0.2) is 0 Å². The molecule has 2 fully saturated rings. The fourth-order valence-corrected chi connectivity index (χ4v) is 14.1. The van der Waals surface area contributed by atoms with E-state index in [4.69, 9.17) is 4.74 Å². The van der Waals surface area contributed by atoms with Crippen molar-refractivity contribution >= 4 is 81.9 Å². The molecule has 5 aliphatic heterocycles. The third kappa shape index (κ3) is 5.46. The molecule has 12 heteroatoms. The van der Waals surface area contributed by atoms with Crippen LogP contribution in [-0.4, -0.2) is 72.0 Å². The lowest BCUT2D eigenvalue weighted by atomic mass is 9.82. The number of fused-ring (bicyclic) bond motifs is 2. The summed E-state index contributed by atoms with van der Waals surface area (Å²) in [6, 6.07) is 36.2. The molecule has 0 aliphatic carbocycles. The summed E-state index contributed by atoms with van der Waals surface area (Å²) in [5.41, 5.74) is 3.89. The van der Waals surface area contributed by atoms with Gasteiger partial charge in [0.05, 0.1) is 59.9 Å². The van der Waals surface area contributed by atoms with Gasteiger partial charge in [0.25, 0.3) is 17.7 Å². The third-order valence-corrected chi connectivity index (χ3v) is 16.6. The molecule has 5 atom stereocenters. The van der Waals surface area contributed by atoms with Crippen molar-refractivity contribution in [3.05, 3.63) is 138 Å². The minimum Gasteiger partial charge on any atom is -0.432 e. The smallest absolute Gasteiger partial charge is 0.264 e. The first kappa shape index (κ1) is 38.7. The highest BCUT2D eigenvalue weighted by atomic mass is 28.4. The number of hydrogen-bond donors (Lipinski definition) is 2. The Bertz CT molecular complexity index is 2920. The number of benzene rings is 6. The highest BCUT2D eigenvalue weighted by molar-refractivity contribution is 6.71. The van der Waals surface area contributed by atoms with E-state index in [1.54, 1.807) is 19.6 Å². The third-order valence-electron chi connectivity index (χ3n) is 14.1. The highest BCUT2D eigenvalue weighted by Crippen LogP contribution is 2.61. The molecule has 0 aromatic heterocycles. The summed E-state index contributed by atoms with van der Waals surface area (Å²) >= 11 is 0. The number of amides is 4. The number of ether oxygens (including phenoxy) is 1. The van der Waals surface area contributed by atoms with Crippen LogP contribution >= 0.6 is 0 Å². The predicted molar refractivity (Wildman–Crippen MR) is 241 cm³/mol. The van der Waals surface area contributed by atoms with Crippen LogP contribution in [0, 0.1) is 5.92 Å². The van der Waals surface area contributed by atoms with Gasteiger partial charge in [0.1, 0.15) is 0 Å². The van der Waals surface area contributed by atoms with E-state index in [2.05, 4.69) is 0 Å². The van der Waals surface area contributed by atoms with Crippen LogP contribution in [0.15, 0.2) is 115 Å². The summed E-state index contributed by atoms with van der Waals surface area (Å²) in [6.45, 7) is 6.15. The second-order valence-electron chi connectivity index (χ2n) is 18.0. The van der Waals surface area contributed by atoms with Crippen LogP contribution in [0.5, 0.6) is 0 Å². The number of hydrogen-bond acceptors (Lipinski definition) is 7. The van der Waals surface area contributed by atoms with Crippen LogP contribution in [0.2, 0.25) is 18.6 Å². The van der Waals surface area contributed by atoms with Gasteiger partial charge in [-0.05, 0) is 96.9 Å². The molecule has 2 N–H and O–H groups in total. The average Bonchev–Trinajstić information content (AvgIpc) is 4.05. The second kappa shape index (κ2) is 13.9. The fourth-order valence-electron chi connectivity index (χ4n) is 11.5. The van der Waals surface area contributed by atoms with Crippen molar-refractivity contribution in [2.24, 2.45) is 5.92 Å².